The van der Waals surface area contributed by atoms with Gasteiger partial charge in [0.15, 0.2) is 0 Å². The lowest BCUT2D eigenvalue weighted by Crippen LogP contribution is -2.38. The maximum atomic E-state index is 15.0. The predicted octanol–water partition coefficient (Wildman–Crippen LogP) is 1.74. The monoisotopic (exact) mass is 466 g/mol. The van der Waals surface area contributed by atoms with Gasteiger partial charge in [0.05, 0.1) is 48.2 Å². The first-order valence-corrected chi connectivity index (χ1v) is 10.8. The van der Waals surface area contributed by atoms with Gasteiger partial charge in [-0.1, -0.05) is 12.1 Å². The van der Waals surface area contributed by atoms with Gasteiger partial charge in [0.2, 0.25) is 0 Å². The molecule has 0 unspecified atom stereocenters. The molecule has 3 saturated heterocycles. The summed E-state index contributed by atoms with van der Waals surface area (Å²) in [4.78, 5) is 53.1. The van der Waals surface area contributed by atoms with Crippen LogP contribution in [0.2, 0.25) is 0 Å². The van der Waals surface area contributed by atoms with Crippen molar-refractivity contribution in [2.75, 3.05) is 36.0 Å². The predicted molar refractivity (Wildman–Crippen MR) is 115 cm³/mol. The fraction of sp³-hybridized carbons (Fsp3) is 0.304. The molecule has 0 bridgehead atoms. The fourth-order valence-electron chi connectivity index (χ4n) is 4.91. The van der Waals surface area contributed by atoms with Crippen molar-refractivity contribution in [2.24, 2.45) is 0 Å². The maximum Gasteiger partial charge on any atom is 0.414 e. The summed E-state index contributed by atoms with van der Waals surface area (Å²) in [5.41, 5.74) is 1.29. The number of halogens is 1. The van der Waals surface area contributed by atoms with Gasteiger partial charge in [-0.15, -0.1) is 0 Å². The van der Waals surface area contributed by atoms with Crippen molar-refractivity contribution in [3.63, 3.8) is 0 Å². The standard InChI is InChI=1S/C23H19FN4O6/c24-16-7-12(5-6-18(16)26-10-17-19(11-26)34-22(31)25-17)27-8-13(33-23(27)32)9-28-20(29)14-3-1-2-4-15(14)21(28)30/h1-7,13,17,19H,8-11H2,(H,25,31)/t13-,17-,19+/m1/s1. The van der Waals surface area contributed by atoms with Gasteiger partial charge in [0.1, 0.15) is 18.0 Å². The highest BCUT2D eigenvalue weighted by Crippen LogP contribution is 2.32. The number of rotatable bonds is 4. The molecule has 4 heterocycles. The second-order valence-electron chi connectivity index (χ2n) is 8.62. The summed E-state index contributed by atoms with van der Waals surface area (Å²) in [7, 11) is 0. The molecule has 0 aliphatic carbocycles. The number of ether oxygens (including phenoxy) is 2. The largest absolute Gasteiger partial charge is 0.442 e. The van der Waals surface area contributed by atoms with Gasteiger partial charge >= 0.3 is 12.2 Å². The Morgan fingerprint density at radius 2 is 1.68 bits per heavy atom. The number of carbonyl (C=O) groups is 4. The summed E-state index contributed by atoms with van der Waals surface area (Å²) < 4.78 is 25.5. The van der Waals surface area contributed by atoms with Crippen molar-refractivity contribution < 1.29 is 33.0 Å². The zero-order valence-corrected chi connectivity index (χ0v) is 17.8. The number of benzene rings is 2. The SMILES string of the molecule is O=C1N[C@@H]2CN(c3ccc(N4C[C@H](CN5C(=O)c6ccccc6C5=O)OC4=O)cc3F)C[C@@H]2O1. The molecule has 2 aromatic carbocycles. The van der Waals surface area contributed by atoms with Gasteiger partial charge < -0.3 is 19.7 Å². The van der Waals surface area contributed by atoms with Gasteiger partial charge in [-0.3, -0.25) is 19.4 Å². The third-order valence-corrected chi connectivity index (χ3v) is 6.55. The Kier molecular flexibility index (Phi) is 4.48. The highest BCUT2D eigenvalue weighted by atomic mass is 19.1. The lowest BCUT2D eigenvalue weighted by Gasteiger charge is -2.21. The van der Waals surface area contributed by atoms with Crippen molar-refractivity contribution in [3.8, 4) is 0 Å². The van der Waals surface area contributed by atoms with E-state index >= 15 is 0 Å². The summed E-state index contributed by atoms with van der Waals surface area (Å²) in [5.74, 6) is -1.39. The number of nitrogens with zero attached hydrogens (tertiary/aromatic N) is 3. The first-order valence-electron chi connectivity index (χ1n) is 10.8. The molecule has 0 saturated carbocycles. The minimum Gasteiger partial charge on any atom is -0.442 e. The highest BCUT2D eigenvalue weighted by molar-refractivity contribution is 6.21. The zero-order valence-electron chi connectivity index (χ0n) is 17.8. The number of carbonyl (C=O) groups excluding carboxylic acids is 4. The summed E-state index contributed by atoms with van der Waals surface area (Å²) in [6.45, 7) is 0.769. The van der Waals surface area contributed by atoms with Crippen LogP contribution < -0.4 is 15.1 Å². The van der Waals surface area contributed by atoms with E-state index in [4.69, 9.17) is 9.47 Å². The van der Waals surface area contributed by atoms with Crippen LogP contribution in [-0.2, 0) is 9.47 Å². The summed E-state index contributed by atoms with van der Waals surface area (Å²) in [6.07, 6.45) is -2.21. The number of fused-ring (bicyclic) bond motifs is 2. The first kappa shape index (κ1) is 20.5. The van der Waals surface area contributed by atoms with E-state index in [2.05, 4.69) is 5.32 Å². The van der Waals surface area contributed by atoms with Gasteiger partial charge in [0.25, 0.3) is 11.8 Å². The lowest BCUT2D eigenvalue weighted by molar-refractivity contribution is 0.0558. The Labute approximate surface area is 192 Å². The van der Waals surface area contributed by atoms with Crippen LogP contribution in [0.4, 0.5) is 25.4 Å². The molecule has 34 heavy (non-hydrogen) atoms. The molecule has 174 valence electrons. The molecule has 3 atom stereocenters. The van der Waals surface area contributed by atoms with Crippen LogP contribution in [0.1, 0.15) is 20.7 Å². The number of alkyl carbamates (subject to hydrolysis) is 1. The van der Waals surface area contributed by atoms with E-state index in [0.717, 1.165) is 4.90 Å². The van der Waals surface area contributed by atoms with Crippen molar-refractivity contribution >= 4 is 35.4 Å². The Morgan fingerprint density at radius 3 is 2.35 bits per heavy atom. The van der Waals surface area contributed by atoms with E-state index in [1.807, 2.05) is 0 Å². The van der Waals surface area contributed by atoms with Gasteiger partial charge in [-0.05, 0) is 30.3 Å². The molecule has 11 heteroatoms. The number of hydrogen-bond acceptors (Lipinski definition) is 7. The maximum absolute atomic E-state index is 15.0. The van der Waals surface area contributed by atoms with Crippen molar-refractivity contribution in [2.45, 2.75) is 18.2 Å². The van der Waals surface area contributed by atoms with Crippen LogP contribution in [0.5, 0.6) is 0 Å². The molecule has 4 aliphatic rings. The third-order valence-electron chi connectivity index (χ3n) is 6.55. The minimum atomic E-state index is -0.740. The first-order chi connectivity index (χ1) is 16.4. The number of amides is 4. The molecule has 10 nitrogen and oxygen atoms in total. The number of imide groups is 1. The van der Waals surface area contributed by atoms with Crippen molar-refractivity contribution in [3.05, 3.63) is 59.4 Å². The smallest absolute Gasteiger partial charge is 0.414 e. The normalized spacial score (nSPS) is 25.4. The molecule has 0 radical (unpaired) electrons. The van der Waals surface area contributed by atoms with Crippen LogP contribution in [0.15, 0.2) is 42.5 Å². The molecular formula is C23H19FN4O6. The van der Waals surface area contributed by atoms with E-state index in [-0.39, 0.29) is 25.2 Å². The number of hydrogen-bond donors (Lipinski definition) is 1. The Hall–Kier alpha value is -4.15. The molecular weight excluding hydrogens is 447 g/mol. The molecule has 2 aromatic rings. The zero-order chi connectivity index (χ0) is 23.6. The molecule has 1 N–H and O–H groups in total. The third kappa shape index (κ3) is 3.15. The minimum absolute atomic E-state index is 0.0682. The average Bonchev–Trinajstić information content (AvgIpc) is 3.53. The Balaban J connectivity index is 1.14. The van der Waals surface area contributed by atoms with Gasteiger partial charge in [0, 0.05) is 6.54 Å². The number of nitrogens with one attached hydrogen (secondary N) is 1. The van der Waals surface area contributed by atoms with Crippen LogP contribution in [0.3, 0.4) is 0 Å². The van der Waals surface area contributed by atoms with E-state index in [9.17, 15) is 23.6 Å². The number of cyclic esters (lactones) is 1. The fourth-order valence-corrected chi connectivity index (χ4v) is 4.91. The highest BCUT2D eigenvalue weighted by Gasteiger charge is 2.43. The summed E-state index contributed by atoms with van der Waals surface area (Å²) in [6, 6.07) is 10.8. The van der Waals surface area contributed by atoms with E-state index in [0.29, 0.717) is 35.6 Å². The molecule has 0 spiro atoms. The topological polar surface area (TPSA) is 108 Å². The lowest BCUT2D eigenvalue weighted by atomic mass is 10.1. The van der Waals surface area contributed by atoms with Crippen LogP contribution in [0, 0.1) is 5.82 Å². The van der Waals surface area contributed by atoms with Crippen LogP contribution in [-0.4, -0.2) is 73.3 Å². The average molecular weight is 466 g/mol. The number of anilines is 2. The quantitative estimate of drug-likeness (QED) is 0.684. The second-order valence-corrected chi connectivity index (χ2v) is 8.62. The van der Waals surface area contributed by atoms with E-state index in [1.54, 1.807) is 41.3 Å². The Morgan fingerprint density at radius 1 is 0.941 bits per heavy atom. The van der Waals surface area contributed by atoms with Crippen molar-refractivity contribution in [1.29, 1.82) is 0 Å². The summed E-state index contributed by atoms with van der Waals surface area (Å²) >= 11 is 0. The summed E-state index contributed by atoms with van der Waals surface area (Å²) in [5, 5.41) is 2.70. The molecule has 4 amide bonds. The van der Waals surface area contributed by atoms with E-state index < -0.39 is 35.9 Å². The van der Waals surface area contributed by atoms with Gasteiger partial charge in [-0.2, -0.15) is 0 Å². The van der Waals surface area contributed by atoms with Gasteiger partial charge in [-0.25, -0.2) is 14.0 Å². The van der Waals surface area contributed by atoms with E-state index in [1.165, 1.54) is 11.0 Å². The second kappa shape index (κ2) is 7.44. The molecule has 0 aromatic heterocycles. The van der Waals surface area contributed by atoms with Crippen LogP contribution in [0.25, 0.3) is 0 Å². The Bertz CT molecular complexity index is 1200. The molecule has 3 fully saturated rings. The molecule has 6 rings (SSSR count). The van der Waals surface area contributed by atoms with Crippen LogP contribution >= 0.6 is 0 Å². The van der Waals surface area contributed by atoms with Crippen molar-refractivity contribution in [1.82, 2.24) is 10.2 Å². The molecule has 4 aliphatic heterocycles.